The number of carbonyl (C=O) groups is 1. The van der Waals surface area contributed by atoms with Gasteiger partial charge in [-0.25, -0.2) is 4.39 Å². The van der Waals surface area contributed by atoms with Crippen LogP contribution in [0.1, 0.15) is 21.5 Å². The predicted molar refractivity (Wildman–Crippen MR) is 95.5 cm³/mol. The van der Waals surface area contributed by atoms with Gasteiger partial charge in [-0.15, -0.1) is 4.31 Å². The van der Waals surface area contributed by atoms with Crippen LogP contribution >= 0.6 is 0 Å². The normalized spacial score (nSPS) is 21.0. The van der Waals surface area contributed by atoms with E-state index >= 15 is 0 Å². The lowest BCUT2D eigenvalue weighted by Gasteiger charge is -2.56. The van der Waals surface area contributed by atoms with E-state index in [1.165, 1.54) is 33.7 Å². The summed E-state index contributed by atoms with van der Waals surface area (Å²) in [5.74, 6) is -0.964. The summed E-state index contributed by atoms with van der Waals surface area (Å²) in [5.41, 5.74) is 1.46. The maximum atomic E-state index is 13.9. The highest BCUT2D eigenvalue weighted by Gasteiger charge is 2.57. The molecule has 2 aliphatic rings. The average molecular weight is 374 g/mol. The number of nitrogens with zero attached hydrogens (tertiary/aromatic N) is 2. The Morgan fingerprint density at radius 2 is 1.73 bits per heavy atom. The topological polar surface area (TPSA) is 63.7 Å². The van der Waals surface area contributed by atoms with E-state index < -0.39 is 27.7 Å². The molecule has 2 aromatic rings. The van der Waals surface area contributed by atoms with Gasteiger partial charge in [0.05, 0.1) is 12.1 Å². The minimum atomic E-state index is -3.44. The Kier molecular flexibility index (Phi) is 3.98. The molecule has 0 aromatic heterocycles. The molecule has 1 fully saturated rings. The number of hydrogen-bond acceptors (Lipinski definition) is 3. The fourth-order valence-electron chi connectivity index (χ4n) is 4.00. The lowest BCUT2D eigenvalue weighted by atomic mass is 9.78. The number of hydrogen-bond donors (Lipinski definition) is 0. The largest absolute Gasteiger partial charge is 0.598 e. The van der Waals surface area contributed by atoms with Crippen molar-refractivity contribution in [3.8, 4) is 0 Å². The summed E-state index contributed by atoms with van der Waals surface area (Å²) in [7, 11) is -3.44. The Bertz CT molecular complexity index is 921. The molecule has 2 heterocycles. The van der Waals surface area contributed by atoms with Gasteiger partial charge in [-0.05, 0) is 29.7 Å². The van der Waals surface area contributed by atoms with E-state index in [2.05, 4.69) is 0 Å². The SMILES string of the molecule is C[S+](=O)([O-])N1Cc2ccccc2CC12CN(C(=O)c1ccccc1F)C2. The summed E-state index contributed by atoms with van der Waals surface area (Å²) in [5, 5.41) is 0. The summed E-state index contributed by atoms with van der Waals surface area (Å²) >= 11 is 0. The number of carbonyl (C=O) groups excluding carboxylic acids is 1. The van der Waals surface area contributed by atoms with Gasteiger partial charge in [-0.2, -0.15) is 0 Å². The number of rotatable bonds is 2. The first-order chi connectivity index (χ1) is 12.3. The van der Waals surface area contributed by atoms with Crippen LogP contribution in [-0.2, 0) is 27.6 Å². The van der Waals surface area contributed by atoms with Crippen LogP contribution in [0.4, 0.5) is 4.39 Å². The lowest BCUT2D eigenvalue weighted by Crippen LogP contribution is -2.74. The van der Waals surface area contributed by atoms with Gasteiger partial charge in [0, 0.05) is 13.1 Å². The Labute approximate surface area is 152 Å². The highest BCUT2D eigenvalue weighted by Crippen LogP contribution is 2.41. The second-order valence-corrected chi connectivity index (χ2v) is 8.99. The highest BCUT2D eigenvalue weighted by molar-refractivity contribution is 7.94. The molecule has 5 nitrogen and oxygen atoms in total. The molecule has 0 aliphatic carbocycles. The van der Waals surface area contributed by atoms with Gasteiger partial charge in [-0.3, -0.25) is 4.79 Å². The number of halogens is 1. The molecule has 2 aliphatic heterocycles. The minimum Gasteiger partial charge on any atom is -0.598 e. The Morgan fingerprint density at radius 1 is 1.12 bits per heavy atom. The first-order valence-electron chi connectivity index (χ1n) is 8.39. The van der Waals surface area contributed by atoms with Crippen LogP contribution in [0.15, 0.2) is 48.5 Å². The summed E-state index contributed by atoms with van der Waals surface area (Å²) < 4.78 is 40.1. The summed E-state index contributed by atoms with van der Waals surface area (Å²) in [4.78, 5) is 14.1. The van der Waals surface area contributed by atoms with Crippen molar-refractivity contribution in [3.63, 3.8) is 0 Å². The first kappa shape index (κ1) is 17.3. The third-order valence-corrected chi connectivity index (χ3v) is 6.56. The molecule has 2 aromatic carbocycles. The van der Waals surface area contributed by atoms with Crippen LogP contribution in [0.25, 0.3) is 0 Å². The molecule has 1 saturated heterocycles. The second-order valence-electron chi connectivity index (χ2n) is 7.08. The Morgan fingerprint density at radius 3 is 2.38 bits per heavy atom. The van der Waals surface area contributed by atoms with Crippen molar-refractivity contribution in [3.05, 3.63) is 71.0 Å². The standard InChI is InChI=1S/C19H19FN2O3S/c1-26(24,25)22-11-15-7-3-2-6-14(15)10-19(22)12-21(13-19)18(23)16-8-4-5-9-17(16)20/h2-9H,10-13H2,1H3. The van der Waals surface area contributed by atoms with Crippen molar-refractivity contribution in [1.29, 1.82) is 0 Å². The zero-order valence-electron chi connectivity index (χ0n) is 14.4. The van der Waals surface area contributed by atoms with Crippen LogP contribution in [0, 0.1) is 5.82 Å². The number of benzene rings is 2. The zero-order chi connectivity index (χ0) is 18.5. The molecular weight excluding hydrogens is 355 g/mol. The number of amides is 1. The fourth-order valence-corrected chi connectivity index (χ4v) is 5.26. The molecule has 7 heteroatoms. The Balaban J connectivity index is 1.62. The maximum Gasteiger partial charge on any atom is 0.256 e. The molecule has 0 radical (unpaired) electrons. The van der Waals surface area contributed by atoms with Gasteiger partial charge in [0.2, 0.25) is 0 Å². The monoisotopic (exact) mass is 374 g/mol. The van der Waals surface area contributed by atoms with Crippen LogP contribution in [-0.4, -0.2) is 44.5 Å². The van der Waals surface area contributed by atoms with Crippen LogP contribution in [0.3, 0.4) is 0 Å². The molecule has 1 amide bonds. The third-order valence-electron chi connectivity index (χ3n) is 5.24. The summed E-state index contributed by atoms with van der Waals surface area (Å²) in [6, 6.07) is 13.6. The van der Waals surface area contributed by atoms with Gasteiger partial charge >= 0.3 is 0 Å². The van der Waals surface area contributed by atoms with E-state index in [9.17, 15) is 17.9 Å². The van der Waals surface area contributed by atoms with Crippen LogP contribution in [0.2, 0.25) is 0 Å². The Hall–Kier alpha value is -2.09. The molecule has 0 N–H and O–H groups in total. The van der Waals surface area contributed by atoms with Crippen LogP contribution in [0.5, 0.6) is 0 Å². The van der Waals surface area contributed by atoms with Gasteiger partial charge < -0.3 is 9.45 Å². The van der Waals surface area contributed by atoms with Gasteiger partial charge in [0.25, 0.3) is 5.91 Å². The molecule has 1 atom stereocenters. The minimum absolute atomic E-state index is 0.0180. The van der Waals surface area contributed by atoms with Crippen molar-refractivity contribution in [2.75, 3.05) is 19.3 Å². The van der Waals surface area contributed by atoms with Crippen molar-refractivity contribution in [1.82, 2.24) is 9.21 Å². The zero-order valence-corrected chi connectivity index (χ0v) is 15.2. The van der Waals surface area contributed by atoms with Crippen molar-refractivity contribution < 1.29 is 17.9 Å². The molecular formula is C19H19FN2O3S. The predicted octanol–water partition coefficient (Wildman–Crippen LogP) is 2.25. The quantitative estimate of drug-likeness (QED) is 0.758. The molecule has 0 bridgehead atoms. The first-order valence-corrected chi connectivity index (χ1v) is 10.2. The lowest BCUT2D eigenvalue weighted by molar-refractivity contribution is -0.0143. The summed E-state index contributed by atoms with van der Waals surface area (Å²) in [6.07, 6.45) is 1.75. The van der Waals surface area contributed by atoms with Crippen molar-refractivity contribution in [2.45, 2.75) is 18.5 Å². The van der Waals surface area contributed by atoms with E-state index in [0.29, 0.717) is 13.0 Å². The van der Waals surface area contributed by atoms with E-state index in [1.54, 1.807) is 6.07 Å². The van der Waals surface area contributed by atoms with E-state index in [-0.39, 0.29) is 18.7 Å². The highest BCUT2D eigenvalue weighted by atomic mass is 32.3. The second kappa shape index (κ2) is 5.97. The van der Waals surface area contributed by atoms with E-state index in [1.807, 2.05) is 24.3 Å². The van der Waals surface area contributed by atoms with Gasteiger partial charge in [0.1, 0.15) is 28.0 Å². The van der Waals surface area contributed by atoms with Gasteiger partial charge in [0.15, 0.2) is 0 Å². The van der Waals surface area contributed by atoms with Crippen LogP contribution < -0.4 is 0 Å². The van der Waals surface area contributed by atoms with Gasteiger partial charge in [-0.1, -0.05) is 40.6 Å². The van der Waals surface area contributed by atoms with E-state index in [4.69, 9.17) is 0 Å². The number of sulfonamides is 1. The molecule has 1 spiro atoms. The number of likely N-dealkylation sites (tertiary alicyclic amines) is 1. The number of fused-ring (bicyclic) bond motifs is 1. The molecule has 26 heavy (non-hydrogen) atoms. The molecule has 0 saturated carbocycles. The van der Waals surface area contributed by atoms with E-state index in [0.717, 1.165) is 11.1 Å². The molecule has 136 valence electrons. The average Bonchev–Trinajstić information content (AvgIpc) is 2.57. The maximum absolute atomic E-state index is 13.9. The summed E-state index contributed by atoms with van der Waals surface area (Å²) in [6.45, 7) is 0.833. The fraction of sp³-hybridized carbons (Fsp3) is 0.316. The molecule has 1 unspecified atom stereocenters. The third kappa shape index (κ3) is 2.76. The van der Waals surface area contributed by atoms with Crippen molar-refractivity contribution in [2.24, 2.45) is 0 Å². The van der Waals surface area contributed by atoms with Crippen molar-refractivity contribution >= 4 is 16.3 Å². The smallest absolute Gasteiger partial charge is 0.256 e. The molecule has 4 rings (SSSR count).